The predicted molar refractivity (Wildman–Crippen MR) is 27.8 cm³/mol. The van der Waals surface area contributed by atoms with Crippen molar-refractivity contribution >= 4 is 19.8 Å². The van der Waals surface area contributed by atoms with E-state index in [1.807, 2.05) is 0 Å². The number of halogens is 1. The molecule has 2 heteroatoms. The molecule has 0 aliphatic rings. The van der Waals surface area contributed by atoms with Crippen molar-refractivity contribution in [3.05, 3.63) is 13.8 Å². The molecule has 0 nitrogen and oxygen atoms in total. The second-order valence-corrected chi connectivity index (χ2v) is 0. The van der Waals surface area contributed by atoms with Gasteiger partial charge in [0.15, 0.2) is 0 Å². The van der Waals surface area contributed by atoms with E-state index >= 15 is 0 Å². The van der Waals surface area contributed by atoms with E-state index in [0.717, 1.165) is 0 Å². The zero-order valence-electron chi connectivity index (χ0n) is 4.37. The molecule has 0 heterocycles. The van der Waals surface area contributed by atoms with Gasteiger partial charge in [0, 0.05) is 19.8 Å². The molecule has 0 fully saturated rings. The smallest absolute Gasteiger partial charge is 0 e. The summed E-state index contributed by atoms with van der Waals surface area (Å²) in [5.41, 5.74) is 0. The van der Waals surface area contributed by atoms with Crippen LogP contribution >= 0.6 is 0 Å². The molecule has 0 saturated carbocycles. The van der Waals surface area contributed by atoms with E-state index in [1.165, 1.54) is 0 Å². The molecule has 0 aromatic carbocycles. The molecule has 0 spiro atoms. The number of hydrogen-bond donors (Lipinski definition) is 0. The van der Waals surface area contributed by atoms with Crippen LogP contribution in [-0.2, 0) is 0 Å². The van der Waals surface area contributed by atoms with Gasteiger partial charge in [0.25, 0.3) is 0 Å². The van der Waals surface area contributed by atoms with Crippen LogP contribution in [-0.4, -0.2) is 19.8 Å². The fourth-order valence-corrected chi connectivity index (χ4v) is 0. The van der Waals surface area contributed by atoms with Crippen LogP contribution in [0, 0.1) is 13.8 Å². The Balaban J connectivity index is -0.00000000500. The molecule has 37 valence electrons. The zero-order valence-corrected chi connectivity index (χ0v) is 7.55. The number of rotatable bonds is 0. The molecule has 5 radical (unpaired) electrons. The SMILES string of the molecule is [CH2]C.[CH2]C.[Cl-].[Ga]. The van der Waals surface area contributed by atoms with Gasteiger partial charge in [0.2, 0.25) is 0 Å². The quantitative estimate of drug-likeness (QED) is 0.374. The van der Waals surface area contributed by atoms with Gasteiger partial charge in [-0.3, -0.25) is 0 Å². The minimum atomic E-state index is 0. The normalized spacial score (nSPS) is 2.00. The Morgan fingerprint density at radius 2 is 0.833 bits per heavy atom. The predicted octanol–water partition coefficient (Wildman–Crippen LogP) is -1.70. The minimum absolute atomic E-state index is 0. The van der Waals surface area contributed by atoms with E-state index in [0.29, 0.717) is 0 Å². The summed E-state index contributed by atoms with van der Waals surface area (Å²) in [5.74, 6) is 0. The van der Waals surface area contributed by atoms with E-state index in [1.54, 1.807) is 13.8 Å². The van der Waals surface area contributed by atoms with Gasteiger partial charge in [-0.05, 0) is 0 Å². The molecule has 0 unspecified atom stereocenters. The fourth-order valence-electron chi connectivity index (χ4n) is 0. The monoisotopic (exact) mass is 162 g/mol. The fraction of sp³-hybridized carbons (Fsp3) is 0.500. The molecule has 0 N–H and O–H groups in total. The number of hydrogen-bond acceptors (Lipinski definition) is 0. The van der Waals surface area contributed by atoms with Crippen LogP contribution in [0.3, 0.4) is 0 Å². The molecule has 0 atom stereocenters. The largest absolute Gasteiger partial charge is 1.00 e. The molecule has 0 amide bonds. The first-order valence-electron chi connectivity index (χ1n) is 1.41. The van der Waals surface area contributed by atoms with Gasteiger partial charge in [-0.1, -0.05) is 27.7 Å². The Kier molecular flexibility index (Phi) is 794. The minimum Gasteiger partial charge on any atom is -1.00 e. The van der Waals surface area contributed by atoms with Crippen molar-refractivity contribution in [1.29, 1.82) is 0 Å². The van der Waals surface area contributed by atoms with Gasteiger partial charge in [-0.25, -0.2) is 0 Å². The van der Waals surface area contributed by atoms with E-state index in [4.69, 9.17) is 0 Å². The van der Waals surface area contributed by atoms with Crippen LogP contribution in [0.5, 0.6) is 0 Å². The Morgan fingerprint density at radius 3 is 0.833 bits per heavy atom. The van der Waals surface area contributed by atoms with E-state index < -0.39 is 0 Å². The topological polar surface area (TPSA) is 0 Å². The van der Waals surface area contributed by atoms with Crippen molar-refractivity contribution < 1.29 is 12.4 Å². The summed E-state index contributed by atoms with van der Waals surface area (Å²) in [6.07, 6.45) is 0. The molecule has 0 aromatic rings. The Hall–Kier alpha value is 0.926. The van der Waals surface area contributed by atoms with Gasteiger partial charge in [-0.15, -0.1) is 0 Å². The van der Waals surface area contributed by atoms with Crippen molar-refractivity contribution in [1.82, 2.24) is 0 Å². The van der Waals surface area contributed by atoms with Gasteiger partial charge < -0.3 is 12.4 Å². The van der Waals surface area contributed by atoms with Crippen molar-refractivity contribution in [2.24, 2.45) is 0 Å². The Morgan fingerprint density at radius 1 is 0.833 bits per heavy atom. The second-order valence-electron chi connectivity index (χ2n) is 0. The van der Waals surface area contributed by atoms with Crippen LogP contribution in [0.25, 0.3) is 0 Å². The molecule has 0 aromatic heterocycles. The molecule has 0 saturated heterocycles. The van der Waals surface area contributed by atoms with E-state index in [9.17, 15) is 0 Å². The third-order valence-electron chi connectivity index (χ3n) is 0. The first-order chi connectivity index (χ1) is 2.00. The third-order valence-corrected chi connectivity index (χ3v) is 0. The van der Waals surface area contributed by atoms with Gasteiger partial charge in [0.05, 0.1) is 0 Å². The van der Waals surface area contributed by atoms with Gasteiger partial charge >= 0.3 is 0 Å². The standard InChI is InChI=1S/2C2H5.ClH.Ga/c2*1-2;;/h2*1H2,2H3;1H;/p-1. The second kappa shape index (κ2) is 168. The Bertz CT molecular complexity index is 7.51. The van der Waals surface area contributed by atoms with E-state index in [2.05, 4.69) is 13.8 Å². The summed E-state index contributed by atoms with van der Waals surface area (Å²) < 4.78 is 0. The van der Waals surface area contributed by atoms with E-state index in [-0.39, 0.29) is 32.2 Å². The van der Waals surface area contributed by atoms with Crippen LogP contribution < -0.4 is 12.4 Å². The first-order valence-corrected chi connectivity index (χ1v) is 1.41. The van der Waals surface area contributed by atoms with Crippen LogP contribution in [0.1, 0.15) is 13.8 Å². The third kappa shape index (κ3) is 88.5. The first kappa shape index (κ1) is 28.4. The summed E-state index contributed by atoms with van der Waals surface area (Å²) in [7, 11) is 0. The molecule has 0 aliphatic heterocycles. The average Bonchev–Trinajstić information content (AvgIpc) is 1.50. The maximum atomic E-state index is 3.25. The molecular formula is C4H10ClGa-. The molecule has 6 heavy (non-hydrogen) atoms. The van der Waals surface area contributed by atoms with Crippen molar-refractivity contribution in [2.75, 3.05) is 0 Å². The molecular weight excluding hydrogens is 153 g/mol. The van der Waals surface area contributed by atoms with Gasteiger partial charge in [-0.2, -0.15) is 0 Å². The summed E-state index contributed by atoms with van der Waals surface area (Å²) >= 11 is 0. The van der Waals surface area contributed by atoms with Crippen molar-refractivity contribution in [3.63, 3.8) is 0 Å². The molecule has 0 aliphatic carbocycles. The maximum absolute atomic E-state index is 3.25. The molecule has 0 rings (SSSR count). The van der Waals surface area contributed by atoms with Crippen molar-refractivity contribution in [3.8, 4) is 0 Å². The maximum Gasteiger partial charge on any atom is 0 e. The van der Waals surface area contributed by atoms with Crippen molar-refractivity contribution in [2.45, 2.75) is 13.8 Å². The summed E-state index contributed by atoms with van der Waals surface area (Å²) in [4.78, 5) is 0. The van der Waals surface area contributed by atoms with Crippen LogP contribution in [0.2, 0.25) is 0 Å². The summed E-state index contributed by atoms with van der Waals surface area (Å²) in [6, 6.07) is 0. The Labute approximate surface area is 60.2 Å². The van der Waals surface area contributed by atoms with Crippen LogP contribution in [0.4, 0.5) is 0 Å². The zero-order chi connectivity index (χ0) is 4.00. The van der Waals surface area contributed by atoms with Gasteiger partial charge in [0.1, 0.15) is 0 Å². The summed E-state index contributed by atoms with van der Waals surface area (Å²) in [5, 5.41) is 0. The molecule has 0 bridgehead atoms. The van der Waals surface area contributed by atoms with Crippen LogP contribution in [0.15, 0.2) is 0 Å². The average molecular weight is 163 g/mol. The summed E-state index contributed by atoms with van der Waals surface area (Å²) in [6.45, 7) is 10.0.